The monoisotopic (exact) mass is 448 g/mol. The van der Waals surface area contributed by atoms with E-state index < -0.39 is 5.41 Å². The Kier molecular flexibility index (Phi) is 4.07. The van der Waals surface area contributed by atoms with Gasteiger partial charge < -0.3 is 5.32 Å². The minimum Gasteiger partial charge on any atom is -0.355 e. The summed E-state index contributed by atoms with van der Waals surface area (Å²) >= 11 is 0. The molecule has 2 aliphatic heterocycles. The highest BCUT2D eigenvalue weighted by atomic mass is 16.1. The molecule has 34 heavy (non-hydrogen) atoms. The minimum absolute atomic E-state index is 0.0390. The summed E-state index contributed by atoms with van der Waals surface area (Å²) in [5.41, 5.74) is 8.03. The topological polar surface area (TPSA) is 58.5 Å². The fourth-order valence-electron chi connectivity index (χ4n) is 7.35. The van der Waals surface area contributed by atoms with Crippen LogP contribution >= 0.6 is 0 Å². The van der Waals surface area contributed by atoms with Crippen molar-refractivity contribution in [3.05, 3.63) is 93.9 Å². The number of carbonyl (C=O) groups is 2. The lowest BCUT2D eigenvalue weighted by atomic mass is 9.56. The Balaban J connectivity index is 1.49. The fourth-order valence-corrected chi connectivity index (χ4v) is 7.35. The van der Waals surface area contributed by atoms with E-state index in [0.717, 1.165) is 35.4 Å². The molecule has 1 N–H and O–H groups in total. The van der Waals surface area contributed by atoms with Gasteiger partial charge >= 0.3 is 0 Å². The van der Waals surface area contributed by atoms with Gasteiger partial charge in [-0.3, -0.25) is 14.6 Å². The normalized spacial score (nSPS) is 37.2. The predicted molar refractivity (Wildman–Crippen MR) is 133 cm³/mol. The summed E-state index contributed by atoms with van der Waals surface area (Å²) in [5, 5.41) is 3.71. The first kappa shape index (κ1) is 20.1. The summed E-state index contributed by atoms with van der Waals surface area (Å²) < 4.78 is 0. The molecule has 1 spiro atoms. The average molecular weight is 449 g/mol. The zero-order chi connectivity index (χ0) is 23.2. The molecule has 0 saturated heterocycles. The summed E-state index contributed by atoms with van der Waals surface area (Å²) in [5.74, 6) is 0.839. The van der Waals surface area contributed by atoms with E-state index in [2.05, 4.69) is 55.6 Å². The van der Waals surface area contributed by atoms with Crippen molar-refractivity contribution in [1.82, 2.24) is 5.32 Å². The predicted octanol–water partition coefficient (Wildman–Crippen LogP) is 5.01. The van der Waals surface area contributed by atoms with Crippen molar-refractivity contribution in [2.75, 3.05) is 0 Å². The molecule has 0 aromatic heterocycles. The van der Waals surface area contributed by atoms with E-state index in [1.54, 1.807) is 6.08 Å². The van der Waals surface area contributed by atoms with Gasteiger partial charge in [-0.1, -0.05) is 62.5 Å². The number of carbonyl (C=O) groups excluding carboxylic acids is 2. The third-order valence-electron chi connectivity index (χ3n) is 8.64. The molecular weight excluding hydrogens is 420 g/mol. The Labute approximate surface area is 200 Å². The number of nitrogens with zero attached hydrogens (tertiary/aromatic N) is 1. The van der Waals surface area contributed by atoms with Gasteiger partial charge in [0, 0.05) is 23.6 Å². The number of rotatable bonds is 0. The smallest absolute Gasteiger partial charge is 0.202 e. The maximum absolute atomic E-state index is 13.5. The maximum Gasteiger partial charge on any atom is 0.202 e. The van der Waals surface area contributed by atoms with Gasteiger partial charge in [0.25, 0.3) is 0 Å². The van der Waals surface area contributed by atoms with Crippen LogP contribution in [-0.2, 0) is 9.59 Å². The Bertz CT molecular complexity index is 1360. The molecule has 4 nitrogen and oxygen atoms in total. The van der Waals surface area contributed by atoms with E-state index >= 15 is 0 Å². The van der Waals surface area contributed by atoms with Crippen LogP contribution in [0.15, 0.2) is 98.9 Å². The first-order chi connectivity index (χ1) is 16.5. The SMILES string of the molecule is CC1CC(=O)C2=NC3C=CC4=C(C3=C3NC5=C(CC23C1)C1C=CC=CC1=CC5=O)C(C)C=CC4. The lowest BCUT2D eigenvalue weighted by Crippen LogP contribution is -2.55. The molecule has 5 unspecified atom stereocenters. The van der Waals surface area contributed by atoms with E-state index in [9.17, 15) is 9.59 Å². The van der Waals surface area contributed by atoms with Gasteiger partial charge in [0.2, 0.25) is 5.78 Å². The molecule has 5 aliphatic carbocycles. The number of hydrogen-bond acceptors (Lipinski definition) is 4. The van der Waals surface area contributed by atoms with Gasteiger partial charge in [-0.05, 0) is 59.5 Å². The number of aliphatic imine (C=N–C) groups is 1. The summed E-state index contributed by atoms with van der Waals surface area (Å²) in [6.07, 6.45) is 21.9. The molecular formula is C30H28N2O2. The molecule has 2 heterocycles. The van der Waals surface area contributed by atoms with Gasteiger partial charge in [0.15, 0.2) is 5.78 Å². The average Bonchev–Trinajstić information content (AvgIpc) is 2.82. The van der Waals surface area contributed by atoms with Gasteiger partial charge in [-0.15, -0.1) is 0 Å². The first-order valence-corrected chi connectivity index (χ1v) is 12.5. The van der Waals surface area contributed by atoms with Crippen LogP contribution in [0.2, 0.25) is 0 Å². The standard InChI is InChI=1S/C30H28N2O2/c1-16-12-24(34)28-30(14-16)15-21-20-9-4-3-7-19(20)13-23(33)27(21)32-29(30)26-22(31-28)11-10-18-8-5-6-17(2)25(18)26/h3-7,9-11,13,16-17,20,22,32H,8,12,14-15H2,1-2H3. The maximum atomic E-state index is 13.5. The lowest BCUT2D eigenvalue weighted by Gasteiger charge is -2.52. The molecule has 0 amide bonds. The largest absolute Gasteiger partial charge is 0.355 e. The zero-order valence-corrected chi connectivity index (χ0v) is 19.6. The highest BCUT2D eigenvalue weighted by Gasteiger charge is 2.56. The summed E-state index contributed by atoms with van der Waals surface area (Å²) in [6.45, 7) is 4.42. The second kappa shape index (κ2) is 6.88. The van der Waals surface area contributed by atoms with E-state index in [1.165, 1.54) is 16.7 Å². The third kappa shape index (κ3) is 2.57. The van der Waals surface area contributed by atoms with Crippen LogP contribution in [0.1, 0.15) is 39.5 Å². The summed E-state index contributed by atoms with van der Waals surface area (Å²) in [7, 11) is 0. The van der Waals surface area contributed by atoms with Gasteiger partial charge in [0.1, 0.15) is 0 Å². The molecule has 4 heteroatoms. The molecule has 5 atom stereocenters. The van der Waals surface area contributed by atoms with Crippen LogP contribution in [-0.4, -0.2) is 23.3 Å². The van der Waals surface area contributed by atoms with Gasteiger partial charge in [-0.25, -0.2) is 0 Å². The molecule has 170 valence electrons. The van der Waals surface area contributed by atoms with Crippen molar-refractivity contribution in [2.45, 2.75) is 45.6 Å². The quantitative estimate of drug-likeness (QED) is 0.530. The van der Waals surface area contributed by atoms with Crippen molar-refractivity contribution >= 4 is 17.3 Å². The number of dihydropyridines is 1. The van der Waals surface area contributed by atoms with Crippen LogP contribution in [0.5, 0.6) is 0 Å². The molecule has 0 aromatic carbocycles. The Morgan fingerprint density at radius 1 is 1.06 bits per heavy atom. The van der Waals surface area contributed by atoms with E-state index in [0.29, 0.717) is 18.5 Å². The van der Waals surface area contributed by atoms with Crippen molar-refractivity contribution < 1.29 is 9.59 Å². The molecule has 1 fully saturated rings. The lowest BCUT2D eigenvalue weighted by molar-refractivity contribution is -0.115. The number of nitrogens with one attached hydrogen (secondary N) is 1. The number of ketones is 2. The van der Waals surface area contributed by atoms with E-state index in [1.807, 2.05) is 12.2 Å². The molecule has 7 aliphatic rings. The number of hydrogen-bond donors (Lipinski definition) is 1. The molecule has 0 aromatic rings. The highest BCUT2D eigenvalue weighted by molar-refractivity contribution is 6.43. The molecule has 1 saturated carbocycles. The molecule has 7 rings (SSSR count). The highest BCUT2D eigenvalue weighted by Crippen LogP contribution is 2.56. The van der Waals surface area contributed by atoms with Crippen LogP contribution in [0, 0.1) is 23.2 Å². The van der Waals surface area contributed by atoms with Gasteiger partial charge in [0.05, 0.1) is 22.9 Å². The Morgan fingerprint density at radius 2 is 1.94 bits per heavy atom. The summed E-state index contributed by atoms with van der Waals surface area (Å²) in [6, 6.07) is -0.167. The zero-order valence-electron chi connectivity index (χ0n) is 19.6. The fraction of sp³-hybridized carbons (Fsp3) is 0.367. The van der Waals surface area contributed by atoms with E-state index in [4.69, 9.17) is 4.99 Å². The number of fused-ring (bicyclic) bond motifs is 4. The third-order valence-corrected chi connectivity index (χ3v) is 8.64. The van der Waals surface area contributed by atoms with Crippen molar-refractivity contribution in [2.24, 2.45) is 28.2 Å². The summed E-state index contributed by atoms with van der Waals surface area (Å²) in [4.78, 5) is 32.0. The minimum atomic E-state index is -0.485. The van der Waals surface area contributed by atoms with Crippen LogP contribution in [0.3, 0.4) is 0 Å². The second-order valence-corrected chi connectivity index (χ2v) is 10.9. The second-order valence-electron chi connectivity index (χ2n) is 10.9. The van der Waals surface area contributed by atoms with Crippen LogP contribution in [0.25, 0.3) is 0 Å². The number of Topliss-reactive ketones (excluding diaryl/α,β-unsaturated/α-hetero) is 1. The van der Waals surface area contributed by atoms with Crippen molar-refractivity contribution in [3.63, 3.8) is 0 Å². The molecule has 0 bridgehead atoms. The van der Waals surface area contributed by atoms with E-state index in [-0.39, 0.29) is 35.4 Å². The first-order valence-electron chi connectivity index (χ1n) is 12.5. The van der Waals surface area contributed by atoms with Crippen LogP contribution in [0.4, 0.5) is 0 Å². The molecule has 0 radical (unpaired) electrons. The number of allylic oxidation sites excluding steroid dienone is 12. The van der Waals surface area contributed by atoms with Crippen molar-refractivity contribution in [1.29, 1.82) is 0 Å². The Hall–Kier alpha value is -3.27. The van der Waals surface area contributed by atoms with Gasteiger partial charge in [-0.2, -0.15) is 0 Å². The van der Waals surface area contributed by atoms with Crippen LogP contribution < -0.4 is 5.32 Å². The Morgan fingerprint density at radius 3 is 2.82 bits per heavy atom. The van der Waals surface area contributed by atoms with Crippen molar-refractivity contribution in [3.8, 4) is 0 Å².